The summed E-state index contributed by atoms with van der Waals surface area (Å²) in [7, 11) is 1.87. The van der Waals surface area contributed by atoms with Crippen LogP contribution in [0.4, 0.5) is 0 Å². The number of aliphatic imine (C=N–C) groups is 1. The number of guanidine groups is 1. The molecule has 1 aliphatic heterocycles. The maximum atomic E-state index is 5.62. The number of rotatable bonds is 9. The fourth-order valence-electron chi connectivity index (χ4n) is 4.01. The van der Waals surface area contributed by atoms with Crippen LogP contribution in [0.2, 0.25) is 0 Å². The van der Waals surface area contributed by atoms with Crippen molar-refractivity contribution in [2.24, 2.45) is 10.4 Å². The third-order valence-corrected chi connectivity index (χ3v) is 7.33. The van der Waals surface area contributed by atoms with Gasteiger partial charge in [0.25, 0.3) is 0 Å². The SMILES string of the molecule is CCOCCC1(CNC(=NC)NCC2(SC)CCOCC2)CCCC1.I. The highest BCUT2D eigenvalue weighted by molar-refractivity contribution is 14.0. The third-order valence-electron chi connectivity index (χ3n) is 5.91. The summed E-state index contributed by atoms with van der Waals surface area (Å²) in [5.74, 6) is 0.933. The molecule has 0 atom stereocenters. The fraction of sp³-hybridized carbons (Fsp3) is 0.947. The Kier molecular flexibility index (Phi) is 11.8. The lowest BCUT2D eigenvalue weighted by molar-refractivity contribution is 0.0782. The number of thioether (sulfide) groups is 1. The maximum absolute atomic E-state index is 5.62. The van der Waals surface area contributed by atoms with Gasteiger partial charge in [0, 0.05) is 51.3 Å². The van der Waals surface area contributed by atoms with Gasteiger partial charge < -0.3 is 20.1 Å². The molecule has 2 rings (SSSR count). The van der Waals surface area contributed by atoms with Crippen LogP contribution in [0.5, 0.6) is 0 Å². The van der Waals surface area contributed by atoms with E-state index >= 15 is 0 Å². The second-order valence-electron chi connectivity index (χ2n) is 7.43. The van der Waals surface area contributed by atoms with Crippen LogP contribution < -0.4 is 10.6 Å². The number of nitrogens with one attached hydrogen (secondary N) is 2. The number of ether oxygens (including phenoxy) is 2. The molecule has 0 unspecified atom stereocenters. The summed E-state index contributed by atoms with van der Waals surface area (Å²) in [5.41, 5.74) is 0.378. The Morgan fingerprint density at radius 3 is 2.35 bits per heavy atom. The highest BCUT2D eigenvalue weighted by Crippen LogP contribution is 2.40. The summed E-state index contributed by atoms with van der Waals surface area (Å²) in [6, 6.07) is 0. The molecule has 0 aromatic carbocycles. The molecule has 1 saturated heterocycles. The van der Waals surface area contributed by atoms with E-state index in [-0.39, 0.29) is 28.7 Å². The number of hydrogen-bond acceptors (Lipinski definition) is 4. The van der Waals surface area contributed by atoms with E-state index in [1.807, 2.05) is 18.8 Å². The average Bonchev–Trinajstić information content (AvgIpc) is 3.12. The van der Waals surface area contributed by atoms with E-state index in [0.717, 1.165) is 64.7 Å². The molecule has 0 aromatic heterocycles. The van der Waals surface area contributed by atoms with Crippen molar-refractivity contribution in [3.63, 3.8) is 0 Å². The van der Waals surface area contributed by atoms with Gasteiger partial charge in [0.15, 0.2) is 5.96 Å². The first-order chi connectivity index (χ1) is 12.2. The quantitative estimate of drug-likeness (QED) is 0.220. The van der Waals surface area contributed by atoms with E-state index in [2.05, 4.69) is 28.8 Å². The Morgan fingerprint density at radius 1 is 1.12 bits per heavy atom. The largest absolute Gasteiger partial charge is 0.382 e. The smallest absolute Gasteiger partial charge is 0.191 e. The molecule has 1 aliphatic carbocycles. The molecular formula is C19H38IN3O2S. The second-order valence-corrected chi connectivity index (χ2v) is 8.71. The van der Waals surface area contributed by atoms with E-state index in [9.17, 15) is 0 Å². The van der Waals surface area contributed by atoms with Crippen molar-refractivity contribution in [2.75, 3.05) is 52.8 Å². The van der Waals surface area contributed by atoms with Gasteiger partial charge in [-0.1, -0.05) is 12.8 Å². The van der Waals surface area contributed by atoms with Crippen LogP contribution in [0.15, 0.2) is 4.99 Å². The van der Waals surface area contributed by atoms with Gasteiger partial charge in [-0.05, 0) is 50.7 Å². The molecule has 2 fully saturated rings. The number of nitrogens with zero attached hydrogens (tertiary/aromatic N) is 1. The van der Waals surface area contributed by atoms with Crippen LogP contribution in [0.25, 0.3) is 0 Å². The molecule has 7 heteroatoms. The molecule has 2 aliphatic rings. The van der Waals surface area contributed by atoms with Gasteiger partial charge in [-0.3, -0.25) is 4.99 Å². The Morgan fingerprint density at radius 2 is 1.77 bits per heavy atom. The van der Waals surface area contributed by atoms with Gasteiger partial charge in [-0.25, -0.2) is 0 Å². The summed E-state index contributed by atoms with van der Waals surface area (Å²) in [4.78, 5) is 4.45. The molecule has 1 saturated carbocycles. The van der Waals surface area contributed by atoms with Gasteiger partial charge in [0.1, 0.15) is 0 Å². The summed E-state index contributed by atoms with van der Waals surface area (Å²) in [6.07, 6.45) is 10.9. The van der Waals surface area contributed by atoms with Gasteiger partial charge in [-0.15, -0.1) is 24.0 Å². The normalized spacial score (nSPS) is 21.9. The monoisotopic (exact) mass is 499 g/mol. The van der Waals surface area contributed by atoms with E-state index in [1.165, 1.54) is 25.7 Å². The molecule has 0 spiro atoms. The number of hydrogen-bond donors (Lipinski definition) is 2. The summed E-state index contributed by atoms with van der Waals surface area (Å²) < 4.78 is 11.4. The zero-order valence-electron chi connectivity index (χ0n) is 16.8. The van der Waals surface area contributed by atoms with E-state index in [4.69, 9.17) is 9.47 Å². The van der Waals surface area contributed by atoms with Crippen LogP contribution in [-0.4, -0.2) is 63.5 Å². The summed E-state index contributed by atoms with van der Waals surface area (Å²) in [5, 5.41) is 7.17. The molecule has 0 radical (unpaired) electrons. The predicted molar refractivity (Wildman–Crippen MR) is 123 cm³/mol. The molecule has 0 aromatic rings. The average molecular weight is 500 g/mol. The topological polar surface area (TPSA) is 54.9 Å². The molecule has 26 heavy (non-hydrogen) atoms. The highest BCUT2D eigenvalue weighted by Gasteiger charge is 2.34. The lowest BCUT2D eigenvalue weighted by atomic mass is 9.83. The standard InChI is InChI=1S/C19H37N3O2S.HI/c1-4-23-12-9-18(7-5-6-8-18)15-21-17(20-2)22-16-19(25-3)10-13-24-14-11-19;/h4-16H2,1-3H3,(H2,20,21,22);1H. The van der Waals surface area contributed by atoms with Crippen molar-refractivity contribution < 1.29 is 9.47 Å². The second kappa shape index (κ2) is 12.7. The summed E-state index contributed by atoms with van der Waals surface area (Å²) in [6.45, 7) is 7.44. The molecule has 0 bridgehead atoms. The van der Waals surface area contributed by atoms with Crippen molar-refractivity contribution in [2.45, 2.75) is 56.6 Å². The van der Waals surface area contributed by atoms with Crippen molar-refractivity contribution in [1.82, 2.24) is 10.6 Å². The Balaban J connectivity index is 0.00000338. The molecule has 5 nitrogen and oxygen atoms in total. The van der Waals surface area contributed by atoms with E-state index in [1.54, 1.807) is 0 Å². The summed E-state index contributed by atoms with van der Waals surface area (Å²) >= 11 is 1.96. The van der Waals surface area contributed by atoms with Crippen molar-refractivity contribution in [1.29, 1.82) is 0 Å². The highest BCUT2D eigenvalue weighted by atomic mass is 127. The molecule has 154 valence electrons. The fourth-order valence-corrected chi connectivity index (χ4v) is 4.80. The third kappa shape index (κ3) is 7.36. The van der Waals surface area contributed by atoms with Crippen LogP contribution in [0.1, 0.15) is 51.9 Å². The van der Waals surface area contributed by atoms with Crippen LogP contribution in [-0.2, 0) is 9.47 Å². The van der Waals surface area contributed by atoms with Crippen LogP contribution in [0, 0.1) is 5.41 Å². The van der Waals surface area contributed by atoms with Gasteiger partial charge in [-0.2, -0.15) is 11.8 Å². The first-order valence-electron chi connectivity index (χ1n) is 9.83. The molecule has 1 heterocycles. The van der Waals surface area contributed by atoms with Gasteiger partial charge >= 0.3 is 0 Å². The van der Waals surface area contributed by atoms with Crippen molar-refractivity contribution in [3.8, 4) is 0 Å². The predicted octanol–water partition coefficient (Wildman–Crippen LogP) is 3.67. The molecular weight excluding hydrogens is 461 g/mol. The van der Waals surface area contributed by atoms with Gasteiger partial charge in [0.2, 0.25) is 0 Å². The Labute approximate surface area is 181 Å². The Bertz CT molecular complexity index is 412. The lowest BCUT2D eigenvalue weighted by Crippen LogP contribution is -2.49. The molecule has 0 amide bonds. The zero-order valence-corrected chi connectivity index (χ0v) is 19.9. The van der Waals surface area contributed by atoms with Gasteiger partial charge in [0.05, 0.1) is 0 Å². The minimum absolute atomic E-state index is 0. The van der Waals surface area contributed by atoms with Crippen LogP contribution >= 0.6 is 35.7 Å². The first kappa shape index (κ1) is 24.3. The zero-order chi connectivity index (χ0) is 18.0. The molecule has 2 N–H and O–H groups in total. The minimum atomic E-state index is 0. The van der Waals surface area contributed by atoms with Crippen molar-refractivity contribution in [3.05, 3.63) is 0 Å². The van der Waals surface area contributed by atoms with Crippen molar-refractivity contribution >= 4 is 41.7 Å². The minimum Gasteiger partial charge on any atom is -0.382 e. The first-order valence-corrected chi connectivity index (χ1v) is 11.1. The van der Waals surface area contributed by atoms with E-state index in [0.29, 0.717) is 5.41 Å². The number of halogens is 1. The van der Waals surface area contributed by atoms with E-state index < -0.39 is 0 Å². The maximum Gasteiger partial charge on any atom is 0.191 e. The Hall–Kier alpha value is 0.270. The lowest BCUT2D eigenvalue weighted by Gasteiger charge is -2.36. The van der Waals surface area contributed by atoms with Crippen LogP contribution in [0.3, 0.4) is 0 Å².